The number of hydrogen-bond donors (Lipinski definition) is 1. The number of nitroso groups, excluding NO2 is 1. The molecule has 2 aliphatic rings. The molecule has 0 radical (unpaired) electrons. The Labute approximate surface area is 194 Å². The Hall–Kier alpha value is -2.97. The van der Waals surface area contributed by atoms with Crippen molar-refractivity contribution in [2.45, 2.75) is 83.0 Å². The van der Waals surface area contributed by atoms with E-state index in [1.54, 1.807) is 6.92 Å². The smallest absolute Gasteiger partial charge is 0.330 e. The molecule has 1 aliphatic heterocycles. The van der Waals surface area contributed by atoms with Gasteiger partial charge in [-0.25, -0.2) is 14.6 Å². The van der Waals surface area contributed by atoms with E-state index in [-0.39, 0.29) is 25.0 Å². The number of likely N-dealkylation sites (tertiary alicyclic amines) is 1. The number of carboxylic acids is 1. The van der Waals surface area contributed by atoms with Crippen molar-refractivity contribution >= 4 is 17.8 Å². The summed E-state index contributed by atoms with van der Waals surface area (Å²) < 4.78 is 5.18. The number of fused-ring (bicyclic) bond motifs is 1. The first-order valence-corrected chi connectivity index (χ1v) is 11.8. The van der Waals surface area contributed by atoms with Crippen LogP contribution in [-0.2, 0) is 25.5 Å². The van der Waals surface area contributed by atoms with E-state index in [1.807, 2.05) is 30.3 Å². The molecule has 0 spiro atoms. The van der Waals surface area contributed by atoms with Crippen LogP contribution < -0.4 is 0 Å². The second kappa shape index (κ2) is 11.2. The monoisotopic (exact) mass is 459 g/mol. The Balaban J connectivity index is 1.82. The van der Waals surface area contributed by atoms with Gasteiger partial charge in [-0.2, -0.15) is 0 Å². The van der Waals surface area contributed by atoms with E-state index in [4.69, 9.17) is 4.74 Å². The molecule has 0 aromatic heterocycles. The fourth-order valence-electron chi connectivity index (χ4n) is 5.27. The van der Waals surface area contributed by atoms with E-state index in [2.05, 4.69) is 5.29 Å². The largest absolute Gasteiger partial charge is 0.480 e. The standard InChI is InChI=1S/C24H33N3O6/c1-3-33-24(31)20(14-13-17-9-5-4-6-10-17)27(25-32)16(2)22(28)26-19-12-8-7-11-18(19)15-21(26)23(29)30/h4-6,9-10,16,18-21H,3,7-8,11-15H2,1-2H3,(H,29,30)/t16-,18+,19-,20-,21-/m0/s1. The number of amides is 1. The lowest BCUT2D eigenvalue weighted by atomic mass is 9.84. The van der Waals surface area contributed by atoms with Crippen molar-refractivity contribution in [1.29, 1.82) is 0 Å². The Morgan fingerprint density at radius 1 is 1.21 bits per heavy atom. The summed E-state index contributed by atoms with van der Waals surface area (Å²) in [5.74, 6) is -2.00. The lowest BCUT2D eigenvalue weighted by molar-refractivity contribution is -0.157. The summed E-state index contributed by atoms with van der Waals surface area (Å²) in [5.41, 5.74) is 0.979. The lowest BCUT2D eigenvalue weighted by Gasteiger charge is -2.37. The van der Waals surface area contributed by atoms with Crippen molar-refractivity contribution in [2.75, 3.05) is 6.61 Å². The van der Waals surface area contributed by atoms with E-state index in [1.165, 1.54) is 11.8 Å². The number of benzene rings is 1. The van der Waals surface area contributed by atoms with Gasteiger partial charge in [-0.05, 0) is 57.4 Å². The highest BCUT2D eigenvalue weighted by Gasteiger charge is 2.49. The molecule has 1 heterocycles. The zero-order valence-electron chi connectivity index (χ0n) is 19.3. The summed E-state index contributed by atoms with van der Waals surface area (Å²) in [6.07, 6.45) is 4.75. The van der Waals surface area contributed by atoms with Crippen molar-refractivity contribution in [3.05, 3.63) is 40.8 Å². The van der Waals surface area contributed by atoms with Gasteiger partial charge in [-0.1, -0.05) is 43.2 Å². The maximum Gasteiger partial charge on any atom is 0.330 e. The van der Waals surface area contributed by atoms with Crippen molar-refractivity contribution in [1.82, 2.24) is 9.91 Å². The van der Waals surface area contributed by atoms with E-state index in [0.717, 1.165) is 36.3 Å². The third-order valence-electron chi connectivity index (χ3n) is 6.90. The normalized spacial score (nSPS) is 23.8. The topological polar surface area (TPSA) is 117 Å². The van der Waals surface area contributed by atoms with Crippen molar-refractivity contribution in [3.8, 4) is 0 Å². The summed E-state index contributed by atoms with van der Waals surface area (Å²) in [5, 5.41) is 13.8. The number of carbonyl (C=O) groups excluding carboxylic acids is 2. The molecule has 2 fully saturated rings. The first-order valence-electron chi connectivity index (χ1n) is 11.8. The first-order chi connectivity index (χ1) is 15.9. The van der Waals surface area contributed by atoms with Crippen molar-refractivity contribution in [2.24, 2.45) is 11.2 Å². The molecule has 0 bridgehead atoms. The molecule has 1 aromatic carbocycles. The fourth-order valence-corrected chi connectivity index (χ4v) is 5.27. The minimum Gasteiger partial charge on any atom is -0.480 e. The van der Waals surface area contributed by atoms with Crippen LogP contribution in [-0.4, -0.2) is 63.6 Å². The number of hydrogen-bond acceptors (Lipinski definition) is 6. The van der Waals surface area contributed by atoms with Crippen LogP contribution in [0.15, 0.2) is 35.6 Å². The highest BCUT2D eigenvalue weighted by atomic mass is 16.5. The minimum absolute atomic E-state index is 0.132. The summed E-state index contributed by atoms with van der Waals surface area (Å²) in [6, 6.07) is 6.28. The van der Waals surface area contributed by atoms with Gasteiger partial charge in [0, 0.05) is 6.04 Å². The van der Waals surface area contributed by atoms with Gasteiger partial charge < -0.3 is 14.7 Å². The van der Waals surface area contributed by atoms with Crippen LogP contribution in [0.2, 0.25) is 0 Å². The van der Waals surface area contributed by atoms with Gasteiger partial charge in [-0.3, -0.25) is 4.79 Å². The van der Waals surface area contributed by atoms with Crippen LogP contribution in [0.25, 0.3) is 0 Å². The zero-order valence-corrected chi connectivity index (χ0v) is 19.3. The SMILES string of the molecule is CCOC(=O)[C@H](CCc1ccccc1)N(N=O)[C@@H](C)C(=O)N1[C@H](C(=O)O)C[C@H]2CCCC[C@@H]21. The number of esters is 1. The minimum atomic E-state index is -1.09. The molecular weight excluding hydrogens is 426 g/mol. The second-order valence-corrected chi connectivity index (χ2v) is 8.88. The molecule has 1 N–H and O–H groups in total. The van der Waals surface area contributed by atoms with Crippen LogP contribution >= 0.6 is 0 Å². The molecule has 9 nitrogen and oxygen atoms in total. The van der Waals surface area contributed by atoms with Gasteiger partial charge in [0.1, 0.15) is 18.1 Å². The Kier molecular flexibility index (Phi) is 8.41. The molecular formula is C24H33N3O6. The van der Waals surface area contributed by atoms with Gasteiger partial charge in [0.2, 0.25) is 5.91 Å². The number of rotatable bonds is 10. The average Bonchev–Trinajstić information content (AvgIpc) is 3.21. The molecule has 33 heavy (non-hydrogen) atoms. The van der Waals surface area contributed by atoms with E-state index in [0.29, 0.717) is 12.8 Å². The van der Waals surface area contributed by atoms with Crippen LogP contribution in [0.1, 0.15) is 57.9 Å². The molecule has 1 saturated carbocycles. The van der Waals surface area contributed by atoms with Gasteiger partial charge in [0.05, 0.1) is 11.9 Å². The maximum atomic E-state index is 13.5. The third-order valence-corrected chi connectivity index (χ3v) is 6.90. The van der Waals surface area contributed by atoms with E-state index >= 15 is 0 Å². The summed E-state index contributed by atoms with van der Waals surface area (Å²) in [6.45, 7) is 3.31. The Morgan fingerprint density at radius 3 is 2.55 bits per heavy atom. The van der Waals surface area contributed by atoms with Crippen LogP contribution in [0, 0.1) is 10.8 Å². The highest BCUT2D eigenvalue weighted by Crippen LogP contribution is 2.40. The van der Waals surface area contributed by atoms with Gasteiger partial charge >= 0.3 is 11.9 Å². The molecule has 1 aromatic rings. The third kappa shape index (κ3) is 5.51. The van der Waals surface area contributed by atoms with Crippen LogP contribution in [0.4, 0.5) is 0 Å². The molecule has 0 unspecified atom stereocenters. The Bertz CT molecular complexity index is 848. The van der Waals surface area contributed by atoms with E-state index in [9.17, 15) is 24.4 Å². The molecule has 1 amide bonds. The molecule has 1 saturated heterocycles. The van der Waals surface area contributed by atoms with Gasteiger partial charge in [0.25, 0.3) is 0 Å². The van der Waals surface area contributed by atoms with Gasteiger partial charge in [-0.15, -0.1) is 4.91 Å². The lowest BCUT2D eigenvalue weighted by Crippen LogP contribution is -2.55. The molecule has 5 atom stereocenters. The van der Waals surface area contributed by atoms with E-state index < -0.39 is 36.0 Å². The summed E-state index contributed by atoms with van der Waals surface area (Å²) >= 11 is 0. The number of carboxylic acid groups (broad SMARTS) is 1. The fraction of sp³-hybridized carbons (Fsp3) is 0.625. The Morgan fingerprint density at radius 2 is 1.91 bits per heavy atom. The number of aryl methyl sites for hydroxylation is 1. The predicted octanol–water partition coefficient (Wildman–Crippen LogP) is 3.17. The number of ether oxygens (including phenoxy) is 1. The zero-order chi connectivity index (χ0) is 24.0. The average molecular weight is 460 g/mol. The first kappa shape index (κ1) is 24.7. The summed E-state index contributed by atoms with van der Waals surface area (Å²) in [4.78, 5) is 51.6. The second-order valence-electron chi connectivity index (χ2n) is 8.88. The van der Waals surface area contributed by atoms with Crippen molar-refractivity contribution < 1.29 is 24.2 Å². The predicted molar refractivity (Wildman–Crippen MR) is 121 cm³/mol. The number of aliphatic carboxylic acids is 1. The quantitative estimate of drug-likeness (QED) is 0.324. The highest BCUT2D eigenvalue weighted by molar-refractivity contribution is 5.88. The van der Waals surface area contributed by atoms with Gasteiger partial charge in [0.15, 0.2) is 0 Å². The number of nitrogens with zero attached hydrogens (tertiary/aromatic N) is 3. The van der Waals surface area contributed by atoms with Crippen LogP contribution in [0.5, 0.6) is 0 Å². The van der Waals surface area contributed by atoms with Crippen molar-refractivity contribution in [3.63, 3.8) is 0 Å². The summed E-state index contributed by atoms with van der Waals surface area (Å²) in [7, 11) is 0. The van der Waals surface area contributed by atoms with Crippen LogP contribution in [0.3, 0.4) is 0 Å². The molecule has 1 aliphatic carbocycles. The molecule has 180 valence electrons. The molecule has 3 rings (SSSR count). The molecule has 9 heteroatoms. The number of carbonyl (C=O) groups is 3. The maximum absolute atomic E-state index is 13.5.